The maximum atomic E-state index is 5.78. The van der Waals surface area contributed by atoms with Crippen LogP contribution in [0.15, 0.2) is 36.4 Å². The van der Waals surface area contributed by atoms with Gasteiger partial charge in [-0.25, -0.2) is 0 Å². The van der Waals surface area contributed by atoms with Crippen LogP contribution in [-0.2, 0) is 25.9 Å². The highest BCUT2D eigenvalue weighted by Crippen LogP contribution is 2.32. The van der Waals surface area contributed by atoms with Crippen molar-refractivity contribution in [2.45, 2.75) is 70.6 Å². The van der Waals surface area contributed by atoms with Crippen LogP contribution in [-0.4, -0.2) is 35.0 Å². The number of anilines is 1. The van der Waals surface area contributed by atoms with E-state index < -0.39 is 0 Å². The largest absolute Gasteiger partial charge is 0.399 e. The number of nitrogen functional groups attached to an aromatic ring is 1. The van der Waals surface area contributed by atoms with Crippen molar-refractivity contribution in [1.29, 1.82) is 0 Å². The van der Waals surface area contributed by atoms with Gasteiger partial charge in [-0.3, -0.25) is 9.80 Å². The van der Waals surface area contributed by atoms with E-state index in [0.717, 1.165) is 24.3 Å². The Bertz CT molecular complexity index is 779. The van der Waals surface area contributed by atoms with Crippen molar-refractivity contribution >= 4 is 5.69 Å². The van der Waals surface area contributed by atoms with Crippen LogP contribution >= 0.6 is 0 Å². The molecule has 28 heavy (non-hydrogen) atoms. The molecule has 2 heterocycles. The van der Waals surface area contributed by atoms with E-state index in [4.69, 9.17) is 5.73 Å². The van der Waals surface area contributed by atoms with E-state index in [-0.39, 0.29) is 0 Å². The molecule has 0 aromatic heterocycles. The zero-order valence-corrected chi connectivity index (χ0v) is 17.2. The van der Waals surface area contributed by atoms with Crippen molar-refractivity contribution in [3.05, 3.63) is 64.2 Å². The standard InChI is InChI=1S/C13H17N.C12H16N2/c1-10-2-3-12-9-14(13-4-5-13)7-6-11(12)8-10;13-11-2-1-10-8-14(12-3-4-12)6-5-9(10)7-11/h2-3,8,13H,4-7,9H2,1H3;1-2,7,12H,3-6,8,13H2. The zero-order valence-electron chi connectivity index (χ0n) is 17.2. The average molecular weight is 376 g/mol. The summed E-state index contributed by atoms with van der Waals surface area (Å²) in [5.41, 5.74) is 14.2. The molecular weight excluding hydrogens is 342 g/mol. The highest BCUT2D eigenvalue weighted by molar-refractivity contribution is 5.45. The van der Waals surface area contributed by atoms with Crippen molar-refractivity contribution in [2.75, 3.05) is 18.8 Å². The van der Waals surface area contributed by atoms with E-state index in [0.29, 0.717) is 0 Å². The van der Waals surface area contributed by atoms with Crippen LogP contribution in [0.1, 0.15) is 53.5 Å². The van der Waals surface area contributed by atoms with E-state index in [1.54, 1.807) is 11.1 Å². The number of nitrogens with zero attached hydrogens (tertiary/aromatic N) is 2. The number of fused-ring (bicyclic) bond motifs is 2. The Labute approximate surface area is 169 Å². The molecule has 2 aliphatic carbocycles. The molecule has 0 radical (unpaired) electrons. The lowest BCUT2D eigenvalue weighted by molar-refractivity contribution is 0.244. The summed E-state index contributed by atoms with van der Waals surface area (Å²) in [6, 6.07) is 15.1. The Morgan fingerprint density at radius 2 is 1.25 bits per heavy atom. The molecule has 3 nitrogen and oxygen atoms in total. The van der Waals surface area contributed by atoms with E-state index in [1.807, 2.05) is 6.07 Å². The number of nitrogens with two attached hydrogens (primary N) is 1. The lowest BCUT2D eigenvalue weighted by atomic mass is 9.98. The Hall–Kier alpha value is -1.84. The maximum absolute atomic E-state index is 5.78. The molecule has 0 bridgehead atoms. The van der Waals surface area contributed by atoms with Crippen LogP contribution in [0.3, 0.4) is 0 Å². The first kappa shape index (κ1) is 18.2. The molecule has 2 N–H and O–H groups in total. The van der Waals surface area contributed by atoms with Gasteiger partial charge in [0.25, 0.3) is 0 Å². The smallest absolute Gasteiger partial charge is 0.0316 e. The number of hydrogen-bond acceptors (Lipinski definition) is 3. The van der Waals surface area contributed by atoms with Gasteiger partial charge in [-0.05, 0) is 79.8 Å². The van der Waals surface area contributed by atoms with Crippen molar-refractivity contribution in [2.24, 2.45) is 0 Å². The molecule has 2 aliphatic heterocycles. The van der Waals surface area contributed by atoms with Gasteiger partial charge >= 0.3 is 0 Å². The normalized spacial score (nSPS) is 22.0. The second-order valence-corrected chi connectivity index (χ2v) is 9.20. The van der Waals surface area contributed by atoms with E-state index in [1.165, 1.54) is 74.8 Å². The van der Waals surface area contributed by atoms with E-state index >= 15 is 0 Å². The Morgan fingerprint density at radius 3 is 1.82 bits per heavy atom. The number of hydrogen-bond donors (Lipinski definition) is 1. The third-order valence-electron chi connectivity index (χ3n) is 6.80. The van der Waals surface area contributed by atoms with Gasteiger partial charge in [0.1, 0.15) is 0 Å². The van der Waals surface area contributed by atoms with Gasteiger partial charge in [-0.2, -0.15) is 0 Å². The summed E-state index contributed by atoms with van der Waals surface area (Å²) in [5, 5.41) is 0. The number of aryl methyl sites for hydroxylation is 1. The Balaban J connectivity index is 0.000000122. The van der Waals surface area contributed by atoms with Crippen LogP contribution in [0.4, 0.5) is 5.69 Å². The molecule has 148 valence electrons. The SMILES string of the molecule is Cc1ccc2c(c1)CCN(C1CC1)C2.Nc1ccc2c(c1)CCN(C1CC1)C2. The summed E-state index contributed by atoms with van der Waals surface area (Å²) >= 11 is 0. The molecule has 2 fully saturated rings. The van der Waals surface area contributed by atoms with Crippen LogP contribution < -0.4 is 5.73 Å². The molecule has 2 saturated carbocycles. The summed E-state index contributed by atoms with van der Waals surface area (Å²) in [6.07, 6.45) is 8.11. The van der Waals surface area contributed by atoms with E-state index in [9.17, 15) is 0 Å². The first-order valence-electron chi connectivity index (χ1n) is 11.1. The minimum atomic E-state index is 0.890. The molecule has 0 amide bonds. The third kappa shape index (κ3) is 4.11. The molecule has 3 heteroatoms. The quantitative estimate of drug-likeness (QED) is 0.794. The zero-order chi connectivity index (χ0) is 19.1. The Kier molecular flexibility index (Phi) is 4.90. The second kappa shape index (κ2) is 7.53. The van der Waals surface area contributed by atoms with Crippen LogP contribution in [0, 0.1) is 6.92 Å². The predicted octanol–water partition coefficient (Wildman–Crippen LogP) is 4.30. The highest BCUT2D eigenvalue weighted by Gasteiger charge is 2.31. The first-order valence-corrected chi connectivity index (χ1v) is 11.1. The van der Waals surface area contributed by atoms with Gasteiger partial charge in [0, 0.05) is 44.0 Å². The third-order valence-corrected chi connectivity index (χ3v) is 6.80. The van der Waals surface area contributed by atoms with Crippen LogP contribution in [0.5, 0.6) is 0 Å². The molecule has 2 aromatic rings. The van der Waals surface area contributed by atoms with E-state index in [2.05, 4.69) is 47.1 Å². The summed E-state index contributed by atoms with van der Waals surface area (Å²) in [7, 11) is 0. The lowest BCUT2D eigenvalue weighted by Crippen LogP contribution is -2.32. The summed E-state index contributed by atoms with van der Waals surface area (Å²) < 4.78 is 0. The fourth-order valence-corrected chi connectivity index (χ4v) is 4.80. The number of benzene rings is 2. The molecular formula is C25H33N3. The molecule has 4 aliphatic rings. The monoisotopic (exact) mass is 375 g/mol. The van der Waals surface area contributed by atoms with Crippen molar-refractivity contribution in [3.8, 4) is 0 Å². The summed E-state index contributed by atoms with van der Waals surface area (Å²) in [6.45, 7) is 7.02. The minimum absolute atomic E-state index is 0.890. The van der Waals surface area contributed by atoms with Gasteiger partial charge in [0.05, 0.1) is 0 Å². The predicted molar refractivity (Wildman–Crippen MR) is 116 cm³/mol. The van der Waals surface area contributed by atoms with Gasteiger partial charge in [-0.1, -0.05) is 29.8 Å². The van der Waals surface area contributed by atoms with Crippen LogP contribution in [0.25, 0.3) is 0 Å². The Morgan fingerprint density at radius 1 is 0.714 bits per heavy atom. The van der Waals surface area contributed by atoms with Gasteiger partial charge in [0.2, 0.25) is 0 Å². The van der Waals surface area contributed by atoms with Gasteiger partial charge in [0.15, 0.2) is 0 Å². The molecule has 6 rings (SSSR count). The van der Waals surface area contributed by atoms with Crippen molar-refractivity contribution < 1.29 is 0 Å². The second-order valence-electron chi connectivity index (χ2n) is 9.20. The molecule has 0 saturated heterocycles. The fraction of sp³-hybridized carbons (Fsp3) is 0.520. The summed E-state index contributed by atoms with van der Waals surface area (Å²) in [5.74, 6) is 0. The maximum Gasteiger partial charge on any atom is 0.0316 e. The molecule has 0 unspecified atom stereocenters. The van der Waals surface area contributed by atoms with Crippen LogP contribution in [0.2, 0.25) is 0 Å². The van der Waals surface area contributed by atoms with Crippen molar-refractivity contribution in [1.82, 2.24) is 9.80 Å². The minimum Gasteiger partial charge on any atom is -0.399 e. The first-order chi connectivity index (χ1) is 13.7. The molecule has 0 atom stereocenters. The summed E-state index contributed by atoms with van der Waals surface area (Å²) in [4.78, 5) is 5.26. The topological polar surface area (TPSA) is 32.5 Å². The van der Waals surface area contributed by atoms with Gasteiger partial charge < -0.3 is 5.73 Å². The highest BCUT2D eigenvalue weighted by atomic mass is 15.2. The lowest BCUT2D eigenvalue weighted by Gasteiger charge is -2.28. The average Bonchev–Trinajstić information content (AvgIpc) is 3.60. The number of rotatable bonds is 2. The molecule has 2 aromatic carbocycles. The van der Waals surface area contributed by atoms with Gasteiger partial charge in [-0.15, -0.1) is 0 Å². The fourth-order valence-electron chi connectivity index (χ4n) is 4.80. The van der Waals surface area contributed by atoms with Crippen molar-refractivity contribution in [3.63, 3.8) is 0 Å². The molecule has 0 spiro atoms.